The maximum Gasteiger partial charge on any atom is 0.0139 e. The monoisotopic (exact) mass is 238 g/mol. The minimum absolute atomic E-state index is 0.590. The Bertz CT molecular complexity index is 262. The van der Waals surface area contributed by atoms with Crippen LogP contribution in [0, 0.1) is 5.41 Å². The molecule has 2 aliphatic heterocycles. The molecule has 0 amide bonds. The van der Waals surface area contributed by atoms with Crippen LogP contribution in [0.2, 0.25) is 0 Å². The molecule has 2 nitrogen and oxygen atoms in total. The Morgan fingerprint density at radius 3 is 2.24 bits per heavy atom. The third-order valence-electron chi connectivity index (χ3n) is 5.28. The van der Waals surface area contributed by atoms with Gasteiger partial charge in [-0.25, -0.2) is 0 Å². The topological polar surface area (TPSA) is 6.48 Å². The van der Waals surface area contributed by atoms with E-state index in [1.54, 1.807) is 0 Å². The van der Waals surface area contributed by atoms with Gasteiger partial charge < -0.3 is 4.90 Å². The quantitative estimate of drug-likeness (QED) is 0.730. The maximum atomic E-state index is 2.73. The molecule has 0 aromatic carbocycles. The molecule has 2 fully saturated rings. The SMILES string of the molecule is CC(C)N1CCC2(CCCN(C(C)C)[C@@H]2C)C1. The van der Waals surface area contributed by atoms with Gasteiger partial charge in [-0.15, -0.1) is 0 Å². The van der Waals surface area contributed by atoms with Crippen LogP contribution in [0.4, 0.5) is 0 Å². The second kappa shape index (κ2) is 4.89. The molecule has 2 aliphatic rings. The van der Waals surface area contributed by atoms with E-state index in [1.165, 1.54) is 38.9 Å². The summed E-state index contributed by atoms with van der Waals surface area (Å²) in [6.07, 6.45) is 4.25. The molecule has 2 saturated heterocycles. The van der Waals surface area contributed by atoms with E-state index in [4.69, 9.17) is 0 Å². The van der Waals surface area contributed by atoms with E-state index in [-0.39, 0.29) is 0 Å². The number of hydrogen-bond acceptors (Lipinski definition) is 2. The van der Waals surface area contributed by atoms with E-state index in [1.807, 2.05) is 0 Å². The van der Waals surface area contributed by atoms with Crippen molar-refractivity contribution in [1.82, 2.24) is 9.80 Å². The fourth-order valence-electron chi connectivity index (χ4n) is 3.99. The van der Waals surface area contributed by atoms with Gasteiger partial charge in [0.2, 0.25) is 0 Å². The van der Waals surface area contributed by atoms with Crippen LogP contribution >= 0.6 is 0 Å². The predicted molar refractivity (Wildman–Crippen MR) is 74.3 cm³/mol. The third-order valence-corrected chi connectivity index (χ3v) is 5.28. The highest BCUT2D eigenvalue weighted by Gasteiger charge is 2.47. The van der Waals surface area contributed by atoms with Gasteiger partial charge in [-0.1, -0.05) is 0 Å². The van der Waals surface area contributed by atoms with Crippen LogP contribution in [-0.4, -0.2) is 47.6 Å². The highest BCUT2D eigenvalue weighted by molar-refractivity contribution is 5.01. The molecule has 1 unspecified atom stereocenters. The fourth-order valence-corrected chi connectivity index (χ4v) is 3.99. The van der Waals surface area contributed by atoms with Crippen LogP contribution in [0.15, 0.2) is 0 Å². The van der Waals surface area contributed by atoms with Crippen molar-refractivity contribution in [3.05, 3.63) is 0 Å². The summed E-state index contributed by atoms with van der Waals surface area (Å²) in [5.74, 6) is 0. The number of nitrogens with zero attached hydrogens (tertiary/aromatic N) is 2. The number of piperidine rings is 1. The van der Waals surface area contributed by atoms with E-state index in [0.717, 1.165) is 12.1 Å². The summed E-state index contributed by atoms with van der Waals surface area (Å²) in [4.78, 5) is 5.41. The number of rotatable bonds is 2. The normalized spacial score (nSPS) is 36.5. The molecule has 2 atom stereocenters. The molecule has 2 heteroatoms. The smallest absolute Gasteiger partial charge is 0.0139 e. The van der Waals surface area contributed by atoms with Gasteiger partial charge in [0.25, 0.3) is 0 Å². The Balaban J connectivity index is 2.10. The molecular weight excluding hydrogens is 208 g/mol. The molecule has 2 heterocycles. The average molecular weight is 238 g/mol. The Morgan fingerprint density at radius 2 is 1.71 bits per heavy atom. The molecule has 0 radical (unpaired) electrons. The lowest BCUT2D eigenvalue weighted by atomic mass is 9.72. The Hall–Kier alpha value is -0.0800. The second-order valence-electron chi connectivity index (χ2n) is 6.79. The van der Waals surface area contributed by atoms with Gasteiger partial charge in [-0.05, 0) is 72.4 Å². The Morgan fingerprint density at radius 1 is 1.00 bits per heavy atom. The van der Waals surface area contributed by atoms with Crippen LogP contribution in [0.1, 0.15) is 53.9 Å². The average Bonchev–Trinajstić information content (AvgIpc) is 2.67. The maximum absolute atomic E-state index is 2.73. The Labute approximate surface area is 107 Å². The van der Waals surface area contributed by atoms with Crippen molar-refractivity contribution >= 4 is 0 Å². The molecule has 0 aliphatic carbocycles. The zero-order valence-electron chi connectivity index (χ0n) is 12.4. The summed E-state index contributed by atoms with van der Waals surface area (Å²) in [7, 11) is 0. The van der Waals surface area contributed by atoms with Crippen LogP contribution < -0.4 is 0 Å². The molecule has 2 rings (SSSR count). The first kappa shape index (κ1) is 13.4. The van der Waals surface area contributed by atoms with Gasteiger partial charge in [0.1, 0.15) is 0 Å². The van der Waals surface area contributed by atoms with Crippen LogP contribution in [0.3, 0.4) is 0 Å². The number of hydrogen-bond donors (Lipinski definition) is 0. The van der Waals surface area contributed by atoms with Crippen molar-refractivity contribution < 1.29 is 0 Å². The van der Waals surface area contributed by atoms with Gasteiger partial charge in [0.15, 0.2) is 0 Å². The minimum atomic E-state index is 0.590. The first-order valence-corrected chi connectivity index (χ1v) is 7.46. The highest BCUT2D eigenvalue weighted by atomic mass is 15.2. The van der Waals surface area contributed by atoms with Gasteiger partial charge in [0.05, 0.1) is 0 Å². The molecule has 0 bridgehead atoms. The second-order valence-corrected chi connectivity index (χ2v) is 6.79. The summed E-state index contributed by atoms with van der Waals surface area (Å²) in [6, 6.07) is 2.19. The van der Waals surface area contributed by atoms with E-state index < -0.39 is 0 Å². The lowest BCUT2D eigenvalue weighted by Crippen LogP contribution is -2.54. The molecule has 0 aromatic heterocycles. The lowest BCUT2D eigenvalue weighted by molar-refractivity contribution is 0.00769. The third kappa shape index (κ3) is 2.39. The van der Waals surface area contributed by atoms with Gasteiger partial charge in [-0.2, -0.15) is 0 Å². The fraction of sp³-hybridized carbons (Fsp3) is 1.00. The van der Waals surface area contributed by atoms with Gasteiger partial charge in [0, 0.05) is 24.7 Å². The minimum Gasteiger partial charge on any atom is -0.300 e. The summed E-state index contributed by atoms with van der Waals surface area (Å²) in [5.41, 5.74) is 0.590. The molecule has 17 heavy (non-hydrogen) atoms. The molecular formula is C15H30N2. The van der Waals surface area contributed by atoms with Crippen molar-refractivity contribution in [3.8, 4) is 0 Å². The van der Waals surface area contributed by atoms with Crippen LogP contribution in [-0.2, 0) is 0 Å². The number of likely N-dealkylation sites (tertiary alicyclic amines) is 2. The lowest BCUT2D eigenvalue weighted by Gasteiger charge is -2.49. The predicted octanol–water partition coefficient (Wildman–Crippen LogP) is 2.98. The van der Waals surface area contributed by atoms with Crippen molar-refractivity contribution in [2.45, 2.75) is 72.0 Å². The van der Waals surface area contributed by atoms with Gasteiger partial charge >= 0.3 is 0 Å². The molecule has 1 spiro atoms. The largest absolute Gasteiger partial charge is 0.300 e. The molecule has 0 aromatic rings. The van der Waals surface area contributed by atoms with E-state index in [0.29, 0.717) is 11.5 Å². The van der Waals surface area contributed by atoms with Crippen molar-refractivity contribution in [2.24, 2.45) is 5.41 Å². The van der Waals surface area contributed by atoms with Crippen LogP contribution in [0.5, 0.6) is 0 Å². The zero-order chi connectivity index (χ0) is 12.6. The summed E-state index contributed by atoms with van der Waals surface area (Å²) >= 11 is 0. The summed E-state index contributed by atoms with van der Waals surface area (Å²) in [5, 5.41) is 0. The van der Waals surface area contributed by atoms with E-state index in [2.05, 4.69) is 44.4 Å². The van der Waals surface area contributed by atoms with E-state index >= 15 is 0 Å². The first-order valence-electron chi connectivity index (χ1n) is 7.46. The van der Waals surface area contributed by atoms with Crippen LogP contribution in [0.25, 0.3) is 0 Å². The molecule has 100 valence electrons. The molecule has 0 N–H and O–H groups in total. The zero-order valence-corrected chi connectivity index (χ0v) is 12.4. The standard InChI is InChI=1S/C15H30N2/c1-12(2)16-10-8-15(11-16)7-6-9-17(13(3)4)14(15)5/h12-14H,6-11H2,1-5H3/t14-,15?/m1/s1. The van der Waals surface area contributed by atoms with Gasteiger partial charge in [-0.3, -0.25) is 4.90 Å². The van der Waals surface area contributed by atoms with Crippen molar-refractivity contribution in [1.29, 1.82) is 0 Å². The first-order chi connectivity index (χ1) is 7.96. The van der Waals surface area contributed by atoms with Crippen molar-refractivity contribution in [2.75, 3.05) is 19.6 Å². The summed E-state index contributed by atoms with van der Waals surface area (Å²) in [6.45, 7) is 15.8. The Kier molecular flexibility index (Phi) is 3.84. The highest BCUT2D eigenvalue weighted by Crippen LogP contribution is 2.44. The van der Waals surface area contributed by atoms with E-state index in [9.17, 15) is 0 Å². The molecule has 0 saturated carbocycles. The summed E-state index contributed by atoms with van der Waals surface area (Å²) < 4.78 is 0. The van der Waals surface area contributed by atoms with Crippen molar-refractivity contribution in [3.63, 3.8) is 0 Å².